The van der Waals surface area contributed by atoms with Crippen molar-refractivity contribution in [3.05, 3.63) is 47.7 Å². The fraction of sp³-hybridized carbons (Fsp3) is 0.435. The zero-order valence-corrected chi connectivity index (χ0v) is 19.0. The van der Waals surface area contributed by atoms with Crippen molar-refractivity contribution in [2.24, 2.45) is 5.73 Å². The highest BCUT2D eigenvalue weighted by molar-refractivity contribution is 6.04. The van der Waals surface area contributed by atoms with E-state index in [1.54, 1.807) is 31.3 Å². The van der Waals surface area contributed by atoms with Gasteiger partial charge in [-0.05, 0) is 35.9 Å². The Bertz CT molecular complexity index is 848. The molecule has 1 heterocycles. The second kappa shape index (κ2) is 15.7. The predicted molar refractivity (Wildman–Crippen MR) is 128 cm³/mol. The molecule has 10 nitrogen and oxygen atoms in total. The number of rotatable bonds is 17. The largest absolute Gasteiger partial charge is 0.388 e. The van der Waals surface area contributed by atoms with Crippen LogP contribution in [-0.2, 0) is 25.4 Å². The first-order chi connectivity index (χ1) is 16.2. The Morgan fingerprint density at radius 3 is 2.39 bits per heavy atom. The van der Waals surface area contributed by atoms with Crippen LogP contribution in [0.2, 0.25) is 0 Å². The molecular formula is C23H33N5O5. The summed E-state index contributed by atoms with van der Waals surface area (Å²) in [6.45, 7) is 4.18. The number of anilines is 3. The lowest BCUT2D eigenvalue weighted by Gasteiger charge is -2.11. The molecule has 1 aromatic carbocycles. The molecule has 0 radical (unpaired) electrons. The van der Waals surface area contributed by atoms with Gasteiger partial charge in [0, 0.05) is 44.1 Å². The van der Waals surface area contributed by atoms with Crippen LogP contribution in [0.4, 0.5) is 17.2 Å². The second-order valence-electron chi connectivity index (χ2n) is 6.93. The molecule has 0 fully saturated rings. The number of carbonyl (C=O) groups excluding carboxylic acids is 2. The fourth-order valence-electron chi connectivity index (χ4n) is 2.89. The number of nitrogens with two attached hydrogens (primary N) is 1. The van der Waals surface area contributed by atoms with Crippen LogP contribution in [0, 0.1) is 0 Å². The summed E-state index contributed by atoms with van der Waals surface area (Å²) in [5, 5.41) is 9.00. The normalized spacial score (nSPS) is 10.6. The molecule has 0 saturated carbocycles. The molecule has 0 aliphatic rings. The van der Waals surface area contributed by atoms with Crippen molar-refractivity contribution in [2.45, 2.75) is 6.42 Å². The summed E-state index contributed by atoms with van der Waals surface area (Å²) in [4.78, 5) is 27.6. The number of aromatic nitrogens is 1. The van der Waals surface area contributed by atoms with E-state index in [1.807, 2.05) is 6.07 Å². The first-order valence-corrected chi connectivity index (χ1v) is 10.9. The van der Waals surface area contributed by atoms with Crippen LogP contribution in [0.5, 0.6) is 0 Å². The number of carbonyl (C=O) groups is 2. The van der Waals surface area contributed by atoms with E-state index in [2.05, 4.69) is 20.9 Å². The monoisotopic (exact) mass is 459 g/mol. The lowest BCUT2D eigenvalue weighted by Crippen LogP contribution is -2.16. The van der Waals surface area contributed by atoms with Crippen molar-refractivity contribution in [3.8, 4) is 0 Å². The minimum absolute atomic E-state index is 0.267. The quantitative estimate of drug-likeness (QED) is 0.205. The summed E-state index contributed by atoms with van der Waals surface area (Å²) >= 11 is 0. The molecule has 0 atom stereocenters. The third-order valence-electron chi connectivity index (χ3n) is 4.52. The molecule has 0 saturated heterocycles. The maximum atomic E-state index is 12.5. The Morgan fingerprint density at radius 2 is 1.76 bits per heavy atom. The molecule has 1 amide bonds. The predicted octanol–water partition coefficient (Wildman–Crippen LogP) is 1.54. The van der Waals surface area contributed by atoms with Gasteiger partial charge in [-0.1, -0.05) is 0 Å². The number of aldehydes is 1. The Morgan fingerprint density at radius 1 is 1.03 bits per heavy atom. The van der Waals surface area contributed by atoms with Gasteiger partial charge in [0.15, 0.2) is 0 Å². The standard InChI is InChI=1S/C23H33N5O5/c1-25-21-4-3-20(16-18(21)6-9-29)28-23(30)19-2-5-22(27-17-19)26-8-11-32-13-15-33-14-12-31-10-7-24/h2-5,9,16-17,25H,6-8,10-15,24H2,1H3,(H,26,27)(H,28,30). The molecule has 2 rings (SSSR count). The van der Waals surface area contributed by atoms with Gasteiger partial charge in [0.05, 0.1) is 45.2 Å². The molecular weight excluding hydrogens is 426 g/mol. The van der Waals surface area contributed by atoms with Crippen LogP contribution < -0.4 is 21.7 Å². The topological polar surface area (TPSA) is 137 Å². The van der Waals surface area contributed by atoms with Crippen molar-refractivity contribution in [1.29, 1.82) is 0 Å². The molecule has 33 heavy (non-hydrogen) atoms. The first kappa shape index (κ1) is 26.2. The van der Waals surface area contributed by atoms with Gasteiger partial charge in [0.2, 0.25) is 0 Å². The summed E-state index contributed by atoms with van der Waals surface area (Å²) < 4.78 is 16.1. The smallest absolute Gasteiger partial charge is 0.257 e. The second-order valence-corrected chi connectivity index (χ2v) is 6.93. The van der Waals surface area contributed by atoms with Crippen LogP contribution in [0.3, 0.4) is 0 Å². The molecule has 10 heteroatoms. The molecule has 0 unspecified atom stereocenters. The van der Waals surface area contributed by atoms with Gasteiger partial charge in [-0.3, -0.25) is 4.79 Å². The molecule has 180 valence electrons. The van der Waals surface area contributed by atoms with Crippen LogP contribution in [-0.4, -0.2) is 77.0 Å². The summed E-state index contributed by atoms with van der Waals surface area (Å²) in [5.41, 5.74) is 8.03. The third-order valence-corrected chi connectivity index (χ3v) is 4.52. The Balaban J connectivity index is 1.67. The number of hydrogen-bond acceptors (Lipinski definition) is 9. The van der Waals surface area contributed by atoms with Crippen molar-refractivity contribution in [2.75, 3.05) is 75.7 Å². The molecule has 5 N–H and O–H groups in total. The van der Waals surface area contributed by atoms with Gasteiger partial charge in [0.25, 0.3) is 5.91 Å². The van der Waals surface area contributed by atoms with Crippen LogP contribution in [0.25, 0.3) is 0 Å². The molecule has 0 aliphatic carbocycles. The van der Waals surface area contributed by atoms with Gasteiger partial charge in [-0.25, -0.2) is 4.98 Å². The SMILES string of the molecule is CNc1ccc(NC(=O)c2ccc(NCCOCCOCCOCCN)nc2)cc1CC=O. The minimum atomic E-state index is -0.278. The van der Waals surface area contributed by atoms with E-state index in [1.165, 1.54) is 6.20 Å². The minimum Gasteiger partial charge on any atom is -0.388 e. The average molecular weight is 460 g/mol. The third kappa shape index (κ3) is 9.96. The molecule has 2 aromatic rings. The number of pyridine rings is 1. The summed E-state index contributed by atoms with van der Waals surface area (Å²) in [5.74, 6) is 0.371. The molecule has 0 spiro atoms. The van der Waals surface area contributed by atoms with Crippen LogP contribution >= 0.6 is 0 Å². The highest BCUT2D eigenvalue weighted by Crippen LogP contribution is 2.21. The highest BCUT2D eigenvalue weighted by Gasteiger charge is 2.09. The molecule has 0 aliphatic heterocycles. The van der Waals surface area contributed by atoms with Crippen molar-refractivity contribution in [3.63, 3.8) is 0 Å². The van der Waals surface area contributed by atoms with Gasteiger partial charge in [-0.15, -0.1) is 0 Å². The summed E-state index contributed by atoms with van der Waals surface area (Å²) in [6, 6.07) is 8.82. The number of benzene rings is 1. The fourth-order valence-corrected chi connectivity index (χ4v) is 2.89. The van der Waals surface area contributed by atoms with Gasteiger partial charge in [-0.2, -0.15) is 0 Å². The maximum absolute atomic E-state index is 12.5. The number of ether oxygens (including phenoxy) is 3. The Hall–Kier alpha value is -3.05. The Labute approximate surface area is 194 Å². The van der Waals surface area contributed by atoms with E-state index < -0.39 is 0 Å². The lowest BCUT2D eigenvalue weighted by atomic mass is 10.1. The number of nitrogens with zero attached hydrogens (tertiary/aromatic N) is 1. The van der Waals surface area contributed by atoms with E-state index in [0.717, 1.165) is 17.5 Å². The van der Waals surface area contributed by atoms with E-state index >= 15 is 0 Å². The average Bonchev–Trinajstić information content (AvgIpc) is 2.83. The van der Waals surface area contributed by atoms with Crippen LogP contribution in [0.15, 0.2) is 36.5 Å². The number of amides is 1. The zero-order valence-electron chi connectivity index (χ0n) is 19.0. The number of nitrogens with one attached hydrogen (secondary N) is 3. The number of hydrogen-bond donors (Lipinski definition) is 4. The van der Waals surface area contributed by atoms with E-state index in [9.17, 15) is 9.59 Å². The van der Waals surface area contributed by atoms with Gasteiger partial charge >= 0.3 is 0 Å². The van der Waals surface area contributed by atoms with Crippen molar-refractivity contribution >= 4 is 29.4 Å². The van der Waals surface area contributed by atoms with Gasteiger partial charge < -0.3 is 40.7 Å². The van der Waals surface area contributed by atoms with Gasteiger partial charge in [0.1, 0.15) is 12.1 Å². The van der Waals surface area contributed by atoms with E-state index in [-0.39, 0.29) is 12.3 Å². The highest BCUT2D eigenvalue weighted by atomic mass is 16.5. The Kier molecular flexibility index (Phi) is 12.5. The van der Waals surface area contributed by atoms with Crippen molar-refractivity contribution < 1.29 is 23.8 Å². The van der Waals surface area contributed by atoms with Crippen molar-refractivity contribution in [1.82, 2.24) is 4.98 Å². The van der Waals surface area contributed by atoms with E-state index in [0.29, 0.717) is 69.8 Å². The maximum Gasteiger partial charge on any atom is 0.257 e. The summed E-state index contributed by atoms with van der Waals surface area (Å²) in [7, 11) is 1.78. The summed E-state index contributed by atoms with van der Waals surface area (Å²) in [6.07, 6.45) is 2.61. The lowest BCUT2D eigenvalue weighted by molar-refractivity contribution is -0.107. The molecule has 1 aromatic heterocycles. The van der Waals surface area contributed by atoms with E-state index in [4.69, 9.17) is 19.9 Å². The zero-order chi connectivity index (χ0) is 23.7. The van der Waals surface area contributed by atoms with Crippen LogP contribution in [0.1, 0.15) is 15.9 Å². The molecule has 0 bridgehead atoms. The first-order valence-electron chi connectivity index (χ1n) is 10.9.